The van der Waals surface area contributed by atoms with Crippen LogP contribution in [0.4, 0.5) is 17.1 Å². The SMILES string of the molecule is CCCCCCCCCCCCC(Oc1ccc(NS(=O)(=O)CCCC)cc1)C(=O)Nc1ccc(OCCCc2nc3c(Cl)c(C)[nH]n3n2)cc1.CCCCCCCCCCCCCCCc1cccc(OC(CC)C(=O)NCC(C)c2nc3c(Cl)c(C)[nH]n3n2)c1.CCCCCCCCCCCCCCOC(=O)CCC(=O)Nc1ccc(-c2nc3c(Cl)c(C)[nH]n3n2)cc1. The van der Waals surface area contributed by atoms with Gasteiger partial charge in [0, 0.05) is 47.9 Å². The summed E-state index contributed by atoms with van der Waals surface area (Å²) in [5.41, 5.74) is 8.08. The van der Waals surface area contributed by atoms with Crippen molar-refractivity contribution in [3.63, 3.8) is 0 Å². The van der Waals surface area contributed by atoms with E-state index in [1.54, 1.807) is 50.3 Å². The van der Waals surface area contributed by atoms with Gasteiger partial charge < -0.3 is 34.9 Å². The Hall–Kier alpha value is -9.18. The number of rotatable bonds is 64. The highest BCUT2D eigenvalue weighted by molar-refractivity contribution is 7.92. The van der Waals surface area contributed by atoms with Crippen molar-refractivity contribution in [2.24, 2.45) is 0 Å². The minimum absolute atomic E-state index is 0.0650. The van der Waals surface area contributed by atoms with E-state index >= 15 is 0 Å². The number of carbonyl (C=O) groups excluding carboxylic acids is 4. The van der Waals surface area contributed by atoms with E-state index in [0.717, 1.165) is 79.8 Å². The van der Waals surface area contributed by atoms with Crippen LogP contribution < -0.4 is 34.9 Å². The van der Waals surface area contributed by atoms with E-state index in [-0.39, 0.29) is 48.2 Å². The summed E-state index contributed by atoms with van der Waals surface area (Å²) in [6.07, 6.45) is 48.8. The summed E-state index contributed by atoms with van der Waals surface area (Å²) < 4.78 is 55.5. The van der Waals surface area contributed by atoms with Crippen molar-refractivity contribution in [2.75, 3.05) is 40.9 Å². The number of benzene rings is 4. The van der Waals surface area contributed by atoms with Crippen molar-refractivity contribution >= 4 is 103 Å². The Labute approximate surface area is 787 Å². The van der Waals surface area contributed by atoms with E-state index in [1.165, 1.54) is 198 Å². The number of halogens is 3. The molecule has 0 saturated heterocycles. The predicted octanol–water partition coefficient (Wildman–Crippen LogP) is 25.6. The minimum Gasteiger partial charge on any atom is -0.494 e. The molecule has 6 aromatic heterocycles. The molecule has 3 atom stereocenters. The van der Waals surface area contributed by atoms with E-state index in [2.05, 4.69) is 99.1 Å². The molecule has 0 aliphatic carbocycles. The van der Waals surface area contributed by atoms with Crippen LogP contribution in [0.15, 0.2) is 97.1 Å². The summed E-state index contributed by atoms with van der Waals surface area (Å²) in [7, 11) is -3.41. The number of hydrogen-bond donors (Lipinski definition) is 7. The molecule has 0 bridgehead atoms. The maximum Gasteiger partial charge on any atom is 0.306 e. The summed E-state index contributed by atoms with van der Waals surface area (Å²) in [6, 6.07) is 29.4. The van der Waals surface area contributed by atoms with Crippen LogP contribution in [0.25, 0.3) is 28.3 Å². The zero-order valence-electron chi connectivity index (χ0n) is 79.1. The number of anilines is 3. The molecule has 0 fully saturated rings. The molecule has 0 radical (unpaired) electrons. The van der Waals surface area contributed by atoms with Crippen molar-refractivity contribution < 1.29 is 46.5 Å². The number of aryl methyl sites for hydroxylation is 5. The van der Waals surface area contributed by atoms with Crippen molar-refractivity contribution in [1.29, 1.82) is 0 Å². The van der Waals surface area contributed by atoms with Gasteiger partial charge >= 0.3 is 5.97 Å². The number of H-pyrrole nitrogens is 3. The molecule has 7 N–H and O–H groups in total. The molecule has 26 nitrogen and oxygen atoms in total. The number of ether oxygens (including phenoxy) is 4. The molecule has 3 amide bonds. The molecule has 0 aliphatic rings. The third-order valence-electron chi connectivity index (χ3n) is 23.2. The lowest BCUT2D eigenvalue weighted by atomic mass is 10.0. The summed E-state index contributed by atoms with van der Waals surface area (Å²) >= 11 is 18.8. The van der Waals surface area contributed by atoms with Crippen molar-refractivity contribution in [3.05, 3.63) is 146 Å². The lowest BCUT2D eigenvalue weighted by Crippen LogP contribution is -2.39. The van der Waals surface area contributed by atoms with Gasteiger partial charge in [-0.2, -0.15) is 13.9 Å². The van der Waals surface area contributed by atoms with Crippen LogP contribution in [-0.4, -0.2) is 129 Å². The number of nitrogens with zero attached hydrogens (tertiary/aromatic N) is 9. The molecule has 4 aromatic carbocycles. The minimum atomic E-state index is -3.41. The molecule has 10 aromatic rings. The van der Waals surface area contributed by atoms with Crippen molar-refractivity contribution in [2.45, 2.75) is 363 Å². The van der Waals surface area contributed by atoms with Gasteiger partial charge in [-0.3, -0.25) is 39.2 Å². The van der Waals surface area contributed by atoms with Gasteiger partial charge in [-0.1, -0.05) is 300 Å². The molecule has 0 saturated carbocycles. The van der Waals surface area contributed by atoms with Crippen LogP contribution >= 0.6 is 34.8 Å². The van der Waals surface area contributed by atoms with Gasteiger partial charge in [-0.05, 0) is 163 Å². The van der Waals surface area contributed by atoms with Crippen LogP contribution in [0.2, 0.25) is 15.1 Å². The Morgan fingerprint density at radius 2 is 0.915 bits per heavy atom. The summed E-state index contributed by atoms with van der Waals surface area (Å²) in [5.74, 6) is 2.92. The van der Waals surface area contributed by atoms with Crippen LogP contribution in [0.3, 0.4) is 0 Å². The lowest BCUT2D eigenvalue weighted by molar-refractivity contribution is -0.144. The molecule has 0 aliphatic heterocycles. The second-order valence-electron chi connectivity index (χ2n) is 34.7. The van der Waals surface area contributed by atoms with Gasteiger partial charge in [0.05, 0.1) is 42.5 Å². The summed E-state index contributed by atoms with van der Waals surface area (Å²) in [5, 5.41) is 33.0. The molecular weight excluding hydrogens is 1720 g/mol. The molecule has 6 heterocycles. The number of aromatic amines is 3. The van der Waals surface area contributed by atoms with Gasteiger partial charge in [-0.25, -0.2) is 23.4 Å². The number of aromatic nitrogens is 12. The number of sulfonamides is 1. The molecule has 3 unspecified atom stereocenters. The number of unbranched alkanes of at least 4 members (excludes halogenated alkanes) is 33. The third kappa shape index (κ3) is 38.9. The highest BCUT2D eigenvalue weighted by Gasteiger charge is 2.25. The Morgan fingerprint density at radius 3 is 1.45 bits per heavy atom. The number of hydrogen-bond acceptors (Lipinski definition) is 16. The number of amides is 3. The maximum absolute atomic E-state index is 13.5. The molecule has 130 heavy (non-hydrogen) atoms. The monoisotopic (exact) mass is 1870 g/mol. The molecule has 0 spiro atoms. The second kappa shape index (κ2) is 60.1. The van der Waals surface area contributed by atoms with Crippen LogP contribution in [0, 0.1) is 20.8 Å². The summed E-state index contributed by atoms with van der Waals surface area (Å²) in [4.78, 5) is 64.1. The van der Waals surface area contributed by atoms with E-state index in [0.29, 0.717) is 123 Å². The molecular formula is C100H149Cl3N16O10S. The highest BCUT2D eigenvalue weighted by Crippen LogP contribution is 2.30. The predicted molar refractivity (Wildman–Crippen MR) is 527 cm³/mol. The van der Waals surface area contributed by atoms with Gasteiger partial charge in [0.2, 0.25) is 15.9 Å². The van der Waals surface area contributed by atoms with Crippen LogP contribution in [-0.2, 0) is 46.8 Å². The Balaban J connectivity index is 0.000000244. The third-order valence-corrected chi connectivity index (χ3v) is 25.9. The topological polar surface area (TPSA) is 325 Å². The molecule has 30 heteroatoms. The average Bonchev–Trinajstić information content (AvgIpc) is 1.65. The summed E-state index contributed by atoms with van der Waals surface area (Å²) in [6.45, 7) is 19.6. The Morgan fingerprint density at radius 1 is 0.446 bits per heavy atom. The van der Waals surface area contributed by atoms with Crippen molar-refractivity contribution in [3.8, 4) is 28.6 Å². The number of esters is 1. The maximum atomic E-state index is 13.5. The quantitative estimate of drug-likeness (QED) is 0.0138. The number of nitrogens with one attached hydrogen (secondary N) is 7. The molecule has 716 valence electrons. The standard InChI is InChI=1S/C38H55ClN6O5S.C33H52ClN5O2.C29H42ClN5O3/c1-4-6-8-9-10-11-12-13-14-15-17-34(50-33-25-21-31(22-26-33)44-51(47,48)28-7-5-2)38(46)40-30-19-23-32(24-20-30)49-27-16-18-35-41-37-36(39)29(3)42-45(37)43-35;1-5-7-8-9-10-11-12-13-14-15-16-17-18-20-27-21-19-22-28(23-27)41-29(6-2)33(40)35-24-25(3)31-36-32-30(34)26(4)37-39(32)38-31;1-3-4-5-6-7-8-9-10-11-12-13-14-21-38-26(37)20-19-25(36)31-24-17-15-23(16-18-24)28-32-29-27(30)22(2)33-35(29)34-28/h19-26,34,42,44H,4-18,27-28H2,1-3H3,(H,40,46);19,21-23,25,29,37H,5-18,20,24H2,1-4H3,(H,35,40);15-18,33H,3-14,19-21H2,1-2H3,(H,31,36). The second-order valence-corrected chi connectivity index (χ2v) is 37.6. The highest BCUT2D eigenvalue weighted by atomic mass is 35.5. The van der Waals surface area contributed by atoms with E-state index in [4.69, 9.17) is 53.8 Å². The zero-order valence-corrected chi connectivity index (χ0v) is 82.1. The van der Waals surface area contributed by atoms with Gasteiger partial charge in [0.1, 0.15) is 32.3 Å². The Kier molecular flexibility index (Phi) is 49.1. The van der Waals surface area contributed by atoms with Gasteiger partial charge in [-0.15, -0.1) is 15.3 Å². The van der Waals surface area contributed by atoms with Crippen molar-refractivity contribution in [1.82, 2.24) is 64.8 Å². The first-order chi connectivity index (χ1) is 63.1. The number of carbonyl (C=O) groups is 4. The smallest absolute Gasteiger partial charge is 0.306 e. The molecule has 10 rings (SSSR count). The number of fused-ring (bicyclic) bond motifs is 3. The fourth-order valence-electron chi connectivity index (χ4n) is 15.3. The van der Waals surface area contributed by atoms with E-state index in [9.17, 15) is 27.6 Å². The first kappa shape index (κ1) is 106. The lowest BCUT2D eigenvalue weighted by Gasteiger charge is -2.19. The fourth-order valence-corrected chi connectivity index (χ4v) is 17.1. The van der Waals surface area contributed by atoms with Gasteiger partial charge in [0.25, 0.3) is 11.8 Å². The fraction of sp³-hybridized carbons (Fsp3) is 0.600. The average molecular weight is 1870 g/mol. The Bertz CT molecular complexity index is 5010. The first-order valence-corrected chi connectivity index (χ1v) is 51.6. The van der Waals surface area contributed by atoms with Crippen LogP contribution in [0.5, 0.6) is 17.2 Å². The zero-order chi connectivity index (χ0) is 93.1. The normalized spacial score (nSPS) is 12.2. The van der Waals surface area contributed by atoms with E-state index < -0.39 is 22.2 Å². The van der Waals surface area contributed by atoms with Gasteiger partial charge in [0.15, 0.2) is 46.6 Å². The largest absolute Gasteiger partial charge is 0.494 e. The van der Waals surface area contributed by atoms with E-state index in [1.807, 2.05) is 90.1 Å². The first-order valence-electron chi connectivity index (χ1n) is 48.8. The van der Waals surface area contributed by atoms with Crippen LogP contribution in [0.1, 0.15) is 351 Å².